The highest BCUT2D eigenvalue weighted by atomic mass is 35.5. The fourth-order valence-corrected chi connectivity index (χ4v) is 1.49. The first kappa shape index (κ1) is 12.3. The Hall–Kier alpha value is -0.730. The lowest BCUT2D eigenvalue weighted by atomic mass is 10.2. The van der Waals surface area contributed by atoms with E-state index in [9.17, 15) is 0 Å². The molecule has 1 rings (SSSR count). The minimum atomic E-state index is 0.237. The summed E-state index contributed by atoms with van der Waals surface area (Å²) in [5.74, 6) is 0.883. The number of ether oxygens (including phenoxy) is 1. The van der Waals surface area contributed by atoms with Gasteiger partial charge in [-0.3, -0.25) is 0 Å². The predicted molar refractivity (Wildman–Crippen MR) is 64.7 cm³/mol. The second-order valence-electron chi connectivity index (χ2n) is 3.86. The Labute approximate surface area is 96.8 Å². The molecule has 0 radical (unpaired) electrons. The summed E-state index contributed by atoms with van der Waals surface area (Å²) in [4.78, 5) is 2.13. The third-order valence-corrected chi connectivity index (χ3v) is 2.39. The van der Waals surface area contributed by atoms with Crippen LogP contribution in [0.25, 0.3) is 0 Å². The average Bonchev–Trinajstić information content (AvgIpc) is 2.19. The number of benzene rings is 1. The molecule has 0 saturated carbocycles. The van der Waals surface area contributed by atoms with Gasteiger partial charge in [-0.25, -0.2) is 0 Å². The van der Waals surface area contributed by atoms with Crippen molar-refractivity contribution in [3.63, 3.8) is 0 Å². The maximum Gasteiger partial charge on any atom is 0.119 e. The highest BCUT2D eigenvalue weighted by molar-refractivity contribution is 6.30. The predicted octanol–water partition coefficient (Wildman–Crippen LogP) is 3.06. The van der Waals surface area contributed by atoms with Gasteiger partial charge in [0.15, 0.2) is 0 Å². The molecule has 15 heavy (non-hydrogen) atoms. The molecule has 1 unspecified atom stereocenters. The quantitative estimate of drug-likeness (QED) is 0.767. The first-order chi connectivity index (χ1) is 7.11. The Balaban J connectivity index is 2.54. The summed E-state index contributed by atoms with van der Waals surface area (Å²) in [6.07, 6.45) is 1.24. The van der Waals surface area contributed by atoms with Crippen LogP contribution in [0.3, 0.4) is 0 Å². The van der Waals surface area contributed by atoms with E-state index < -0.39 is 0 Å². The standard InChI is InChI=1S/C12H18ClNO/c1-4-11(9-14(2)3)15-12-7-5-10(13)6-8-12/h5-8,11H,4,9H2,1-3H3. The van der Waals surface area contributed by atoms with Crippen molar-refractivity contribution in [2.45, 2.75) is 19.4 Å². The normalized spacial score (nSPS) is 12.9. The third-order valence-electron chi connectivity index (χ3n) is 2.14. The van der Waals surface area contributed by atoms with E-state index in [0.29, 0.717) is 0 Å². The Morgan fingerprint density at radius 1 is 1.27 bits per heavy atom. The van der Waals surface area contributed by atoms with Crippen molar-refractivity contribution in [3.05, 3.63) is 29.3 Å². The van der Waals surface area contributed by atoms with Crippen LogP contribution in [0.1, 0.15) is 13.3 Å². The van der Waals surface area contributed by atoms with Crippen LogP contribution in [0.2, 0.25) is 5.02 Å². The Bertz CT molecular complexity index is 284. The topological polar surface area (TPSA) is 12.5 Å². The molecule has 0 aromatic heterocycles. The molecule has 0 bridgehead atoms. The largest absolute Gasteiger partial charge is 0.489 e. The molecule has 0 fully saturated rings. The van der Waals surface area contributed by atoms with Gasteiger partial charge in [-0.2, -0.15) is 0 Å². The lowest BCUT2D eigenvalue weighted by Crippen LogP contribution is -2.30. The lowest BCUT2D eigenvalue weighted by molar-refractivity contribution is 0.156. The van der Waals surface area contributed by atoms with Crippen molar-refractivity contribution in [2.75, 3.05) is 20.6 Å². The first-order valence-corrected chi connectivity index (χ1v) is 5.56. The summed E-state index contributed by atoms with van der Waals surface area (Å²) >= 11 is 5.80. The van der Waals surface area contributed by atoms with Crippen LogP contribution >= 0.6 is 11.6 Å². The van der Waals surface area contributed by atoms with E-state index in [0.717, 1.165) is 23.7 Å². The number of likely N-dealkylation sites (N-methyl/N-ethyl adjacent to an activating group) is 1. The Kier molecular flexibility index (Phi) is 4.92. The molecule has 84 valence electrons. The average molecular weight is 228 g/mol. The third kappa shape index (κ3) is 4.54. The van der Waals surface area contributed by atoms with Gasteiger partial charge in [0.1, 0.15) is 11.9 Å². The Morgan fingerprint density at radius 2 is 1.87 bits per heavy atom. The van der Waals surface area contributed by atoms with Crippen LogP contribution in [0.15, 0.2) is 24.3 Å². The molecule has 1 aromatic rings. The lowest BCUT2D eigenvalue weighted by Gasteiger charge is -2.21. The van der Waals surface area contributed by atoms with Gasteiger partial charge in [0.05, 0.1) is 0 Å². The number of hydrogen-bond donors (Lipinski definition) is 0. The number of rotatable bonds is 5. The molecular weight excluding hydrogens is 210 g/mol. The second-order valence-corrected chi connectivity index (χ2v) is 4.30. The molecule has 0 heterocycles. The summed E-state index contributed by atoms with van der Waals surface area (Å²) in [7, 11) is 4.10. The number of hydrogen-bond acceptors (Lipinski definition) is 2. The van der Waals surface area contributed by atoms with Crippen molar-refractivity contribution < 1.29 is 4.74 Å². The van der Waals surface area contributed by atoms with E-state index >= 15 is 0 Å². The molecule has 0 saturated heterocycles. The molecule has 0 aliphatic carbocycles. The Morgan fingerprint density at radius 3 is 2.33 bits per heavy atom. The molecule has 0 aliphatic rings. The van der Waals surface area contributed by atoms with Crippen LogP contribution in [-0.2, 0) is 0 Å². The molecule has 0 aliphatic heterocycles. The number of halogens is 1. The summed E-state index contributed by atoms with van der Waals surface area (Å²) < 4.78 is 5.83. The van der Waals surface area contributed by atoms with Crippen molar-refractivity contribution in [1.82, 2.24) is 4.90 Å². The van der Waals surface area contributed by atoms with Gasteiger partial charge in [-0.05, 0) is 44.8 Å². The molecule has 2 nitrogen and oxygen atoms in total. The minimum absolute atomic E-state index is 0.237. The minimum Gasteiger partial charge on any atom is -0.489 e. The monoisotopic (exact) mass is 227 g/mol. The fourth-order valence-electron chi connectivity index (χ4n) is 1.36. The van der Waals surface area contributed by atoms with Gasteiger partial charge in [-0.1, -0.05) is 18.5 Å². The van der Waals surface area contributed by atoms with Crippen LogP contribution in [0.5, 0.6) is 5.75 Å². The van der Waals surface area contributed by atoms with Gasteiger partial charge in [0.2, 0.25) is 0 Å². The van der Waals surface area contributed by atoms with Crippen molar-refractivity contribution in [2.24, 2.45) is 0 Å². The molecule has 1 atom stereocenters. The number of nitrogens with zero attached hydrogens (tertiary/aromatic N) is 1. The van der Waals surface area contributed by atoms with Crippen molar-refractivity contribution in [1.29, 1.82) is 0 Å². The first-order valence-electron chi connectivity index (χ1n) is 5.18. The molecule has 0 spiro atoms. The van der Waals surface area contributed by atoms with Crippen LogP contribution in [0, 0.1) is 0 Å². The van der Waals surface area contributed by atoms with Gasteiger partial charge in [0.25, 0.3) is 0 Å². The summed E-state index contributed by atoms with van der Waals surface area (Å²) in [6, 6.07) is 7.50. The fraction of sp³-hybridized carbons (Fsp3) is 0.500. The highest BCUT2D eigenvalue weighted by Gasteiger charge is 2.08. The molecule has 3 heteroatoms. The van der Waals surface area contributed by atoms with Crippen LogP contribution in [-0.4, -0.2) is 31.6 Å². The zero-order valence-corrected chi connectivity index (χ0v) is 10.3. The van der Waals surface area contributed by atoms with E-state index in [2.05, 4.69) is 11.8 Å². The summed E-state index contributed by atoms with van der Waals surface area (Å²) in [6.45, 7) is 3.06. The van der Waals surface area contributed by atoms with Crippen LogP contribution in [0.4, 0.5) is 0 Å². The van der Waals surface area contributed by atoms with E-state index in [1.807, 2.05) is 38.4 Å². The summed E-state index contributed by atoms with van der Waals surface area (Å²) in [5, 5.41) is 0.739. The smallest absolute Gasteiger partial charge is 0.119 e. The van der Waals surface area contributed by atoms with Gasteiger partial charge in [0, 0.05) is 11.6 Å². The SMILES string of the molecule is CCC(CN(C)C)Oc1ccc(Cl)cc1. The second kappa shape index (κ2) is 5.99. The zero-order chi connectivity index (χ0) is 11.3. The van der Waals surface area contributed by atoms with Gasteiger partial charge >= 0.3 is 0 Å². The zero-order valence-electron chi connectivity index (χ0n) is 9.53. The summed E-state index contributed by atoms with van der Waals surface area (Å²) in [5.41, 5.74) is 0. The van der Waals surface area contributed by atoms with E-state index in [4.69, 9.17) is 16.3 Å². The van der Waals surface area contributed by atoms with Gasteiger partial charge < -0.3 is 9.64 Å². The van der Waals surface area contributed by atoms with Crippen LogP contribution < -0.4 is 4.74 Å². The molecule has 0 amide bonds. The maximum atomic E-state index is 5.83. The van der Waals surface area contributed by atoms with E-state index in [1.165, 1.54) is 0 Å². The molecule has 1 aromatic carbocycles. The van der Waals surface area contributed by atoms with Crippen molar-refractivity contribution in [3.8, 4) is 5.75 Å². The van der Waals surface area contributed by atoms with Gasteiger partial charge in [-0.15, -0.1) is 0 Å². The molecular formula is C12H18ClNO. The maximum absolute atomic E-state index is 5.83. The molecule has 0 N–H and O–H groups in total. The van der Waals surface area contributed by atoms with E-state index in [-0.39, 0.29) is 6.10 Å². The highest BCUT2D eigenvalue weighted by Crippen LogP contribution is 2.17. The van der Waals surface area contributed by atoms with E-state index in [1.54, 1.807) is 0 Å². The van der Waals surface area contributed by atoms with Crippen molar-refractivity contribution >= 4 is 11.6 Å².